The highest BCUT2D eigenvalue weighted by atomic mass is 16.5. The molecule has 0 fully saturated rings. The van der Waals surface area contributed by atoms with Gasteiger partial charge < -0.3 is 19.5 Å². The van der Waals surface area contributed by atoms with Crippen molar-refractivity contribution in [2.24, 2.45) is 0 Å². The highest BCUT2D eigenvalue weighted by Crippen LogP contribution is 2.31. The molecule has 0 saturated carbocycles. The zero-order valence-electron chi connectivity index (χ0n) is 16.6. The van der Waals surface area contributed by atoms with Gasteiger partial charge in [0.15, 0.2) is 0 Å². The molecule has 144 valence electrons. The second-order valence-corrected chi connectivity index (χ2v) is 6.06. The van der Waals surface area contributed by atoms with E-state index in [1.165, 1.54) is 0 Å². The van der Waals surface area contributed by atoms with Crippen molar-refractivity contribution in [1.29, 1.82) is 0 Å². The largest absolute Gasteiger partial charge is 0.496 e. The number of anilines is 1. The van der Waals surface area contributed by atoms with E-state index in [4.69, 9.17) is 14.6 Å². The third kappa shape index (κ3) is 5.38. The molecule has 0 aromatic heterocycles. The first-order valence-electron chi connectivity index (χ1n) is 9.19. The molecule has 1 N–H and O–H groups in total. The predicted octanol–water partition coefficient (Wildman–Crippen LogP) is 4.73. The number of aliphatic hydroxyl groups is 1. The molecule has 0 atom stereocenters. The Bertz CT molecular complexity index is 779. The molecule has 2 rings (SSSR count). The summed E-state index contributed by atoms with van der Waals surface area (Å²) in [6, 6.07) is 12.3. The van der Waals surface area contributed by atoms with E-state index in [1.54, 1.807) is 14.2 Å². The van der Waals surface area contributed by atoms with Gasteiger partial charge in [-0.15, -0.1) is 0 Å². The minimum atomic E-state index is 0.153. The van der Waals surface area contributed by atoms with Gasteiger partial charge in [0.2, 0.25) is 0 Å². The van der Waals surface area contributed by atoms with Crippen molar-refractivity contribution in [1.82, 2.24) is 0 Å². The first-order valence-corrected chi connectivity index (χ1v) is 9.19. The summed E-state index contributed by atoms with van der Waals surface area (Å²) in [7, 11) is 3.35. The standard InChI is InChI=1S/C23H29NO3/c1-5-7-19-16-23(27-4)20(17-22(19)26-3)11-8-18-9-12-21(13-10-18)24(6-2)14-15-25/h5,7-13,16-17,25H,6,14-15H2,1-4H3/b7-5+,11-8+. The Morgan fingerprint density at radius 1 is 0.926 bits per heavy atom. The number of hydrogen-bond acceptors (Lipinski definition) is 4. The van der Waals surface area contributed by atoms with Gasteiger partial charge in [0.1, 0.15) is 11.5 Å². The molecule has 27 heavy (non-hydrogen) atoms. The number of ether oxygens (including phenoxy) is 2. The summed E-state index contributed by atoms with van der Waals surface area (Å²) >= 11 is 0. The molecule has 0 aliphatic carbocycles. The van der Waals surface area contributed by atoms with Crippen LogP contribution in [0.2, 0.25) is 0 Å². The average Bonchev–Trinajstić information content (AvgIpc) is 2.71. The van der Waals surface area contributed by atoms with Crippen LogP contribution >= 0.6 is 0 Å². The number of methoxy groups -OCH3 is 2. The maximum atomic E-state index is 9.16. The lowest BCUT2D eigenvalue weighted by molar-refractivity contribution is 0.302. The number of hydrogen-bond donors (Lipinski definition) is 1. The average molecular weight is 367 g/mol. The molecule has 2 aromatic rings. The van der Waals surface area contributed by atoms with Crippen molar-refractivity contribution in [2.75, 3.05) is 38.8 Å². The molecule has 4 heteroatoms. The monoisotopic (exact) mass is 367 g/mol. The molecule has 0 radical (unpaired) electrons. The van der Waals surface area contributed by atoms with Crippen LogP contribution in [0.5, 0.6) is 11.5 Å². The second-order valence-electron chi connectivity index (χ2n) is 6.06. The minimum absolute atomic E-state index is 0.153. The predicted molar refractivity (Wildman–Crippen MR) is 115 cm³/mol. The summed E-state index contributed by atoms with van der Waals surface area (Å²) in [4.78, 5) is 2.14. The normalized spacial score (nSPS) is 11.3. The van der Waals surface area contributed by atoms with E-state index in [1.807, 2.05) is 37.3 Å². The Labute approximate surface area is 162 Å². The van der Waals surface area contributed by atoms with Crippen LogP contribution in [0.4, 0.5) is 5.69 Å². The Morgan fingerprint density at radius 3 is 2.00 bits per heavy atom. The fourth-order valence-electron chi connectivity index (χ4n) is 2.96. The number of rotatable bonds is 9. The molecule has 0 aliphatic rings. The molecule has 0 aliphatic heterocycles. The van der Waals surface area contributed by atoms with E-state index in [2.05, 4.69) is 42.2 Å². The third-order valence-electron chi connectivity index (χ3n) is 4.39. The number of benzene rings is 2. The molecular formula is C23H29NO3. The van der Waals surface area contributed by atoms with Gasteiger partial charge in [-0.1, -0.05) is 36.4 Å². The van der Waals surface area contributed by atoms with Crippen LogP contribution in [-0.4, -0.2) is 39.0 Å². The molecule has 4 nitrogen and oxygen atoms in total. The van der Waals surface area contributed by atoms with Gasteiger partial charge in [-0.25, -0.2) is 0 Å². The van der Waals surface area contributed by atoms with Crippen molar-refractivity contribution in [3.8, 4) is 11.5 Å². The Kier molecular flexibility index (Phi) is 7.96. The van der Waals surface area contributed by atoms with Crippen molar-refractivity contribution in [3.05, 3.63) is 59.2 Å². The number of likely N-dealkylation sites (N-methyl/N-ethyl adjacent to an activating group) is 1. The summed E-state index contributed by atoms with van der Waals surface area (Å²) in [5.41, 5.74) is 4.15. The van der Waals surface area contributed by atoms with Crippen LogP contribution in [0.25, 0.3) is 18.2 Å². The van der Waals surface area contributed by atoms with Gasteiger partial charge >= 0.3 is 0 Å². The summed E-state index contributed by atoms with van der Waals surface area (Å²) in [6.45, 7) is 5.72. The van der Waals surface area contributed by atoms with Gasteiger partial charge in [-0.3, -0.25) is 0 Å². The maximum absolute atomic E-state index is 9.16. The first-order chi connectivity index (χ1) is 13.2. The van der Waals surface area contributed by atoms with Crippen LogP contribution in [0.3, 0.4) is 0 Å². The summed E-state index contributed by atoms with van der Waals surface area (Å²) in [6.07, 6.45) is 8.06. The van der Waals surface area contributed by atoms with E-state index in [-0.39, 0.29) is 6.61 Å². The van der Waals surface area contributed by atoms with Crippen molar-refractivity contribution in [2.45, 2.75) is 13.8 Å². The SMILES string of the molecule is C/C=C/c1cc(OC)c(/C=C/c2ccc(N(CC)CCO)cc2)cc1OC. The third-order valence-corrected chi connectivity index (χ3v) is 4.39. The van der Waals surface area contributed by atoms with E-state index in [0.29, 0.717) is 6.54 Å². The van der Waals surface area contributed by atoms with Gasteiger partial charge in [0.05, 0.1) is 20.8 Å². The van der Waals surface area contributed by atoms with Crippen LogP contribution in [0.1, 0.15) is 30.5 Å². The minimum Gasteiger partial charge on any atom is -0.496 e. The lowest BCUT2D eigenvalue weighted by Gasteiger charge is -2.21. The molecule has 0 spiro atoms. The molecule has 0 bridgehead atoms. The summed E-state index contributed by atoms with van der Waals surface area (Å²) in [5.74, 6) is 1.61. The number of allylic oxidation sites excluding steroid dienone is 1. The lowest BCUT2D eigenvalue weighted by Crippen LogP contribution is -2.25. The zero-order chi connectivity index (χ0) is 19.6. The lowest BCUT2D eigenvalue weighted by atomic mass is 10.1. The molecule has 0 saturated heterocycles. The Balaban J connectivity index is 2.26. The van der Waals surface area contributed by atoms with Crippen LogP contribution in [-0.2, 0) is 0 Å². The van der Waals surface area contributed by atoms with E-state index in [9.17, 15) is 0 Å². The highest BCUT2D eigenvalue weighted by Gasteiger charge is 2.08. The number of aliphatic hydroxyl groups excluding tert-OH is 1. The quantitative estimate of drug-likeness (QED) is 0.651. The molecule has 0 amide bonds. The van der Waals surface area contributed by atoms with Crippen molar-refractivity contribution >= 4 is 23.9 Å². The molecule has 0 heterocycles. The first kappa shape index (κ1) is 20.6. The topological polar surface area (TPSA) is 41.9 Å². The van der Waals surface area contributed by atoms with E-state index in [0.717, 1.165) is 40.4 Å². The molecular weight excluding hydrogens is 338 g/mol. The van der Waals surface area contributed by atoms with E-state index >= 15 is 0 Å². The molecule has 0 unspecified atom stereocenters. The van der Waals surface area contributed by atoms with Crippen LogP contribution in [0.15, 0.2) is 42.5 Å². The van der Waals surface area contributed by atoms with Crippen molar-refractivity contribution in [3.63, 3.8) is 0 Å². The second kappa shape index (κ2) is 10.4. The van der Waals surface area contributed by atoms with Crippen LogP contribution in [0, 0.1) is 0 Å². The zero-order valence-corrected chi connectivity index (χ0v) is 16.6. The van der Waals surface area contributed by atoms with E-state index < -0.39 is 0 Å². The Morgan fingerprint density at radius 2 is 1.52 bits per heavy atom. The summed E-state index contributed by atoms with van der Waals surface area (Å²) in [5, 5.41) is 9.16. The number of nitrogens with zero attached hydrogens (tertiary/aromatic N) is 1. The fraction of sp³-hybridized carbons (Fsp3) is 0.304. The van der Waals surface area contributed by atoms with Crippen LogP contribution < -0.4 is 14.4 Å². The fourth-order valence-corrected chi connectivity index (χ4v) is 2.96. The Hall–Kier alpha value is -2.72. The summed E-state index contributed by atoms with van der Waals surface area (Å²) < 4.78 is 11.0. The van der Waals surface area contributed by atoms with Gasteiger partial charge in [-0.2, -0.15) is 0 Å². The van der Waals surface area contributed by atoms with Gasteiger partial charge in [0, 0.05) is 29.9 Å². The van der Waals surface area contributed by atoms with Crippen molar-refractivity contribution < 1.29 is 14.6 Å². The van der Waals surface area contributed by atoms with Gasteiger partial charge in [0.25, 0.3) is 0 Å². The van der Waals surface area contributed by atoms with Gasteiger partial charge in [-0.05, 0) is 43.7 Å². The molecule has 2 aromatic carbocycles. The highest BCUT2D eigenvalue weighted by molar-refractivity contribution is 5.76. The smallest absolute Gasteiger partial charge is 0.126 e. The maximum Gasteiger partial charge on any atom is 0.126 e.